The van der Waals surface area contributed by atoms with Crippen molar-refractivity contribution in [3.8, 4) is 0 Å². The van der Waals surface area contributed by atoms with E-state index in [1.807, 2.05) is 0 Å². The number of ether oxygens (including phenoxy) is 3. The van der Waals surface area contributed by atoms with Gasteiger partial charge in [0.05, 0.1) is 6.61 Å². The minimum atomic E-state index is -0.568. The third-order valence-electron chi connectivity index (χ3n) is 11.4. The maximum absolute atomic E-state index is 12.8. The van der Waals surface area contributed by atoms with Gasteiger partial charge in [-0.25, -0.2) is 0 Å². The molecular weight excluding hydrogens is 789 g/mol. The van der Waals surface area contributed by atoms with Crippen molar-refractivity contribution in [3.63, 3.8) is 0 Å². The summed E-state index contributed by atoms with van der Waals surface area (Å²) in [6, 6.07) is 0. The Hall–Kier alpha value is -2.92. The van der Waals surface area contributed by atoms with E-state index in [9.17, 15) is 9.59 Å². The molecule has 5 nitrogen and oxygen atoms in total. The van der Waals surface area contributed by atoms with E-state index in [-0.39, 0.29) is 25.2 Å². The maximum atomic E-state index is 12.8. The molecule has 0 aliphatic rings. The van der Waals surface area contributed by atoms with Crippen LogP contribution in [0.25, 0.3) is 0 Å². The molecule has 0 aliphatic carbocycles. The zero-order valence-corrected chi connectivity index (χ0v) is 42.3. The normalized spacial score (nSPS) is 12.9. The summed E-state index contributed by atoms with van der Waals surface area (Å²) in [6.45, 7) is 7.63. The Balaban J connectivity index is 4.37. The molecule has 0 saturated carbocycles. The van der Waals surface area contributed by atoms with Gasteiger partial charge < -0.3 is 14.2 Å². The highest BCUT2D eigenvalue weighted by molar-refractivity contribution is 5.70. The fourth-order valence-corrected chi connectivity index (χ4v) is 7.36. The van der Waals surface area contributed by atoms with Gasteiger partial charge in [-0.2, -0.15) is 0 Å². The molecule has 0 aromatic rings. The topological polar surface area (TPSA) is 61.8 Å². The van der Waals surface area contributed by atoms with Gasteiger partial charge in [0.1, 0.15) is 6.61 Å². The van der Waals surface area contributed by atoms with E-state index in [0.29, 0.717) is 19.4 Å². The Morgan fingerprint density at radius 3 is 1.20 bits per heavy atom. The number of unbranched alkanes of at least 4 members (excludes halogenated alkanes) is 24. The van der Waals surface area contributed by atoms with Crippen LogP contribution in [0.3, 0.4) is 0 Å². The Morgan fingerprint density at radius 2 is 0.719 bits per heavy atom. The predicted octanol–water partition coefficient (Wildman–Crippen LogP) is 18.5. The first-order valence-corrected chi connectivity index (χ1v) is 27.1. The van der Waals surface area contributed by atoms with Crippen molar-refractivity contribution in [3.05, 3.63) is 85.1 Å². The van der Waals surface area contributed by atoms with Crippen molar-refractivity contribution in [1.82, 2.24) is 0 Å². The van der Waals surface area contributed by atoms with Crippen LogP contribution in [-0.2, 0) is 23.8 Å². The summed E-state index contributed by atoms with van der Waals surface area (Å²) in [5.41, 5.74) is 0. The average molecular weight is 891 g/mol. The quantitative estimate of drug-likeness (QED) is 0.0346. The third kappa shape index (κ3) is 51.7. The van der Waals surface area contributed by atoms with E-state index in [0.717, 1.165) is 77.0 Å². The molecule has 0 fully saturated rings. The molecule has 0 amide bonds. The zero-order valence-electron chi connectivity index (χ0n) is 42.3. The number of allylic oxidation sites excluding steroid dienone is 14. The molecule has 0 bridgehead atoms. The number of rotatable bonds is 49. The third-order valence-corrected chi connectivity index (χ3v) is 11.4. The summed E-state index contributed by atoms with van der Waals surface area (Å²) in [5, 5.41) is 0. The summed E-state index contributed by atoms with van der Waals surface area (Å²) >= 11 is 0. The molecule has 0 aliphatic heterocycles. The Morgan fingerprint density at radius 1 is 0.359 bits per heavy atom. The molecule has 0 saturated heterocycles. The molecule has 1 atom stereocenters. The maximum Gasteiger partial charge on any atom is 0.306 e. The lowest BCUT2D eigenvalue weighted by Gasteiger charge is -2.18. The van der Waals surface area contributed by atoms with Crippen molar-refractivity contribution < 1.29 is 23.8 Å². The Kier molecular flexibility index (Phi) is 51.9. The largest absolute Gasteiger partial charge is 0.462 e. The van der Waals surface area contributed by atoms with Crippen molar-refractivity contribution in [2.45, 2.75) is 258 Å². The molecule has 1 unspecified atom stereocenters. The van der Waals surface area contributed by atoms with Crippen molar-refractivity contribution in [1.29, 1.82) is 0 Å². The van der Waals surface area contributed by atoms with Gasteiger partial charge in [0.15, 0.2) is 6.10 Å². The lowest BCUT2D eigenvalue weighted by Crippen LogP contribution is -2.30. The standard InChI is InChI=1S/C59H102O5/c1-4-7-10-13-16-19-22-25-28-30-32-34-37-40-43-46-49-52-58(60)63-56-57(55-62-54-51-48-45-42-39-36-27-24-21-18-15-12-9-6-3)64-59(61)53-50-47-44-41-38-35-33-31-29-26-23-20-17-14-11-8-5-2/h7,10,16,19,21,24-26,28-29,32,34,40,43,57H,4-6,8-9,11-15,17-18,20,22-23,27,30-31,33,35-39,41-42,44-56H2,1-3H3/b10-7-,19-16-,24-21-,28-25-,29-26-,34-32-,43-40-. The number of carbonyl (C=O) groups is 2. The highest BCUT2D eigenvalue weighted by atomic mass is 16.6. The molecule has 0 radical (unpaired) electrons. The number of carbonyl (C=O) groups excluding carboxylic acids is 2. The minimum Gasteiger partial charge on any atom is -0.462 e. The summed E-state index contributed by atoms with van der Waals surface area (Å²) in [7, 11) is 0. The van der Waals surface area contributed by atoms with Crippen LogP contribution >= 0.6 is 0 Å². The zero-order chi connectivity index (χ0) is 46.3. The van der Waals surface area contributed by atoms with Crippen LogP contribution < -0.4 is 0 Å². The Labute approximate surface area is 397 Å². The van der Waals surface area contributed by atoms with Crippen LogP contribution in [0.5, 0.6) is 0 Å². The molecule has 368 valence electrons. The summed E-state index contributed by atoms with van der Waals surface area (Å²) < 4.78 is 17.4. The van der Waals surface area contributed by atoms with Crippen molar-refractivity contribution >= 4 is 11.9 Å². The van der Waals surface area contributed by atoms with Gasteiger partial charge in [-0.15, -0.1) is 0 Å². The van der Waals surface area contributed by atoms with E-state index in [4.69, 9.17) is 14.2 Å². The number of hydrogen-bond acceptors (Lipinski definition) is 5. The highest BCUT2D eigenvalue weighted by Crippen LogP contribution is 2.14. The van der Waals surface area contributed by atoms with Gasteiger partial charge in [0.25, 0.3) is 0 Å². The molecule has 0 rings (SSSR count). The number of esters is 2. The molecule has 0 aromatic carbocycles. The SMILES string of the molecule is CC/C=C\C/C=C\C/C=C\C/C=C\C/C=C\CCCC(=O)OCC(COCCCCCCCC/C=C\CCCCCC)OC(=O)CCCCCCCCC/C=C\CCCCCCCC. The molecule has 0 spiro atoms. The first kappa shape index (κ1) is 61.1. The van der Waals surface area contributed by atoms with Crippen molar-refractivity contribution in [2.24, 2.45) is 0 Å². The second-order valence-electron chi connectivity index (χ2n) is 17.7. The smallest absolute Gasteiger partial charge is 0.306 e. The monoisotopic (exact) mass is 891 g/mol. The molecule has 0 N–H and O–H groups in total. The van der Waals surface area contributed by atoms with E-state index in [1.54, 1.807) is 0 Å². The van der Waals surface area contributed by atoms with Crippen LogP contribution in [0.4, 0.5) is 0 Å². The Bertz CT molecular complexity index is 1190. The molecule has 5 heteroatoms. The van der Waals surface area contributed by atoms with Crippen LogP contribution in [0.15, 0.2) is 85.1 Å². The second-order valence-corrected chi connectivity index (χ2v) is 17.7. The first-order chi connectivity index (χ1) is 31.6. The lowest BCUT2D eigenvalue weighted by atomic mass is 10.1. The van der Waals surface area contributed by atoms with Gasteiger partial charge in [-0.3, -0.25) is 9.59 Å². The van der Waals surface area contributed by atoms with E-state index >= 15 is 0 Å². The minimum absolute atomic E-state index is 0.0493. The van der Waals surface area contributed by atoms with Gasteiger partial charge in [0.2, 0.25) is 0 Å². The van der Waals surface area contributed by atoms with Crippen molar-refractivity contribution in [2.75, 3.05) is 19.8 Å². The van der Waals surface area contributed by atoms with E-state index in [2.05, 4.69) is 106 Å². The average Bonchev–Trinajstić information content (AvgIpc) is 3.30. The highest BCUT2D eigenvalue weighted by Gasteiger charge is 2.17. The van der Waals surface area contributed by atoms with Gasteiger partial charge >= 0.3 is 11.9 Å². The van der Waals surface area contributed by atoms with Gasteiger partial charge in [-0.1, -0.05) is 215 Å². The van der Waals surface area contributed by atoms with Gasteiger partial charge in [-0.05, 0) is 109 Å². The van der Waals surface area contributed by atoms with Crippen LogP contribution in [0, 0.1) is 0 Å². The first-order valence-electron chi connectivity index (χ1n) is 27.1. The van der Waals surface area contributed by atoms with Crippen LogP contribution in [0.2, 0.25) is 0 Å². The molecule has 0 heterocycles. The molecule has 64 heavy (non-hydrogen) atoms. The predicted molar refractivity (Wildman–Crippen MR) is 279 cm³/mol. The van der Waals surface area contributed by atoms with E-state index < -0.39 is 6.10 Å². The lowest BCUT2D eigenvalue weighted by molar-refractivity contribution is -0.163. The molecular formula is C59H102O5. The number of hydrogen-bond donors (Lipinski definition) is 0. The second kappa shape index (κ2) is 54.4. The summed E-state index contributed by atoms with van der Waals surface area (Å²) in [6.07, 6.45) is 71.7. The summed E-state index contributed by atoms with van der Waals surface area (Å²) in [5.74, 6) is -0.470. The van der Waals surface area contributed by atoms with Gasteiger partial charge in [0, 0.05) is 19.4 Å². The van der Waals surface area contributed by atoms with E-state index in [1.165, 1.54) is 141 Å². The van der Waals surface area contributed by atoms with Crippen LogP contribution in [-0.4, -0.2) is 37.9 Å². The fraction of sp³-hybridized carbons (Fsp3) is 0.729. The summed E-state index contributed by atoms with van der Waals surface area (Å²) in [4.78, 5) is 25.4. The van der Waals surface area contributed by atoms with Crippen LogP contribution in [0.1, 0.15) is 252 Å². The molecule has 0 aromatic heterocycles. The fourth-order valence-electron chi connectivity index (χ4n) is 7.36.